The van der Waals surface area contributed by atoms with Gasteiger partial charge in [0.15, 0.2) is 5.58 Å². The molecule has 4 nitrogen and oxygen atoms in total. The smallest absolute Gasteiger partial charge is 0.252 e. The summed E-state index contributed by atoms with van der Waals surface area (Å²) < 4.78 is 7.33. The van der Waals surface area contributed by atoms with Crippen molar-refractivity contribution >= 4 is 96.2 Å². The molecule has 0 spiro atoms. The zero-order chi connectivity index (χ0) is 59.9. The van der Waals surface area contributed by atoms with E-state index in [1.54, 1.807) is 0 Å². The Balaban J connectivity index is 1.16. The van der Waals surface area contributed by atoms with Crippen molar-refractivity contribution in [3.63, 3.8) is 0 Å². The van der Waals surface area contributed by atoms with Crippen LogP contribution in [-0.2, 0) is 37.9 Å². The van der Waals surface area contributed by atoms with Gasteiger partial charge in [-0.25, -0.2) is 0 Å². The fourth-order valence-electron chi connectivity index (χ4n) is 15.3. The van der Waals surface area contributed by atoms with Crippen molar-refractivity contribution in [2.45, 2.75) is 202 Å². The van der Waals surface area contributed by atoms with Gasteiger partial charge in [-0.3, -0.25) is 0 Å². The monoisotopic (exact) mass is 1110 g/mol. The van der Waals surface area contributed by atoms with E-state index in [0.717, 1.165) is 47.2 Å². The third-order valence-corrected chi connectivity index (χ3v) is 20.7. The highest BCUT2D eigenvalue weighted by molar-refractivity contribution is 7.00. The average molecular weight is 1110 g/mol. The van der Waals surface area contributed by atoms with E-state index in [0.29, 0.717) is 0 Å². The molecule has 5 heteroatoms. The highest BCUT2D eigenvalue weighted by Crippen LogP contribution is 2.55. The fraction of sp³-hybridized carbons (Fsp3) is 0.392. The highest BCUT2D eigenvalue weighted by Gasteiger charge is 2.48. The molecule has 84 heavy (non-hydrogen) atoms. The van der Waals surface area contributed by atoms with Crippen LogP contribution in [0.3, 0.4) is 0 Å². The fourth-order valence-corrected chi connectivity index (χ4v) is 15.3. The molecule has 0 saturated heterocycles. The van der Waals surface area contributed by atoms with Crippen LogP contribution >= 0.6 is 0 Å². The first-order valence-electron chi connectivity index (χ1n) is 31.5. The Hall–Kier alpha value is -6.98. The summed E-state index contributed by atoms with van der Waals surface area (Å²) in [4.78, 5) is 7.87. The number of aryl methyl sites for hydroxylation is 3. The minimum absolute atomic E-state index is 0.00108. The second-order valence-corrected chi connectivity index (χ2v) is 31.8. The number of hydrogen-bond acceptors (Lipinski definition) is 4. The number of fused-ring (bicyclic) bond motifs is 9. The summed E-state index contributed by atoms with van der Waals surface area (Å²) in [6.07, 6.45) is 4.63. The van der Waals surface area contributed by atoms with Crippen LogP contribution in [0.4, 0.5) is 51.2 Å². The Morgan fingerprint density at radius 1 is 0.452 bits per heavy atom. The quantitative estimate of drug-likeness (QED) is 0.160. The Kier molecular flexibility index (Phi) is 12.4. The molecule has 2 aliphatic carbocycles. The van der Waals surface area contributed by atoms with Gasteiger partial charge < -0.3 is 19.1 Å². The SMILES string of the molecule is Cc1cc2c3c(c1)N(c1ccc(C(C)(C)C)c4c1oc1ccccc14)c1cc(N(c4ccc(C(C)(C)C)cc4C)c4ccc(C(C)(C)C)cc4C)ccc1B3c1cc3c(cc1N2c1ccc2c(c1)C(C)(C)CCC2(C)C)C(C)(C)CCC3(C)C. The third kappa shape index (κ3) is 8.73. The van der Waals surface area contributed by atoms with E-state index in [2.05, 4.69) is 287 Å². The summed E-state index contributed by atoms with van der Waals surface area (Å²) in [5.74, 6) is 0. The molecule has 0 saturated carbocycles. The van der Waals surface area contributed by atoms with Gasteiger partial charge in [0.05, 0.1) is 5.69 Å². The topological polar surface area (TPSA) is 22.9 Å². The number of para-hydroxylation sites is 1. The molecular formula is C79H90BN3O. The van der Waals surface area contributed by atoms with Gasteiger partial charge in [-0.1, -0.05) is 184 Å². The molecule has 4 aliphatic rings. The van der Waals surface area contributed by atoms with E-state index in [1.807, 2.05) is 0 Å². The van der Waals surface area contributed by atoms with E-state index in [1.165, 1.54) is 124 Å². The number of anilines is 9. The predicted molar refractivity (Wildman–Crippen MR) is 363 cm³/mol. The summed E-state index contributed by atoms with van der Waals surface area (Å²) in [6, 6.07) is 53.1. The average Bonchev–Trinajstić information content (AvgIpc) is 0.832. The van der Waals surface area contributed by atoms with Gasteiger partial charge in [0.2, 0.25) is 0 Å². The molecule has 13 rings (SSSR count). The van der Waals surface area contributed by atoms with Crippen LogP contribution in [0.1, 0.15) is 199 Å². The van der Waals surface area contributed by atoms with Crippen molar-refractivity contribution in [2.24, 2.45) is 0 Å². The normalized spacial score (nSPS) is 17.4. The largest absolute Gasteiger partial charge is 0.454 e. The summed E-state index contributed by atoms with van der Waals surface area (Å²) >= 11 is 0. The molecule has 3 heterocycles. The van der Waals surface area contributed by atoms with Crippen molar-refractivity contribution in [3.8, 4) is 0 Å². The first-order chi connectivity index (χ1) is 39.2. The lowest BCUT2D eigenvalue weighted by atomic mass is 9.33. The molecule has 8 aromatic carbocycles. The van der Waals surface area contributed by atoms with Gasteiger partial charge in [0.25, 0.3) is 6.71 Å². The van der Waals surface area contributed by atoms with Crippen LogP contribution in [0.25, 0.3) is 21.9 Å². The lowest BCUT2D eigenvalue weighted by molar-refractivity contribution is 0.332. The molecule has 0 radical (unpaired) electrons. The van der Waals surface area contributed by atoms with Gasteiger partial charge in [-0.05, 0) is 223 Å². The van der Waals surface area contributed by atoms with E-state index in [4.69, 9.17) is 4.42 Å². The van der Waals surface area contributed by atoms with Crippen molar-refractivity contribution < 1.29 is 4.42 Å². The standard InChI is InChI=1S/C79H90BN3O/c1-47-39-67-71-68(40-47)83(64-34-30-56(75(10,11)12)70-54-23-21-22-24-69(54)84-72(64)70)65-44-53(81(62-32-25-50(41-48(62)2)73(4,5)6)63-33-26-51(42-49(63)3)74(7,8)9)28-31-60(65)80(71)61-45-58-59(79(19,20)38-37-78(58,17)18)46-66(61)82(67)52-27-29-55-57(43-52)77(15,16)36-35-76(55,13)14/h21-34,39-46H,35-38H2,1-20H3. The Labute approximate surface area is 503 Å². The van der Waals surface area contributed by atoms with Crippen LogP contribution < -0.4 is 31.1 Å². The van der Waals surface area contributed by atoms with Crippen LogP contribution in [0.15, 0.2) is 138 Å². The van der Waals surface area contributed by atoms with E-state index >= 15 is 0 Å². The molecule has 0 unspecified atom stereocenters. The molecule has 0 amide bonds. The first-order valence-corrected chi connectivity index (χ1v) is 31.5. The zero-order valence-electron chi connectivity index (χ0n) is 54.4. The second-order valence-electron chi connectivity index (χ2n) is 31.8. The molecule has 0 atom stereocenters. The second kappa shape index (κ2) is 18.5. The highest BCUT2D eigenvalue weighted by atomic mass is 16.3. The van der Waals surface area contributed by atoms with Gasteiger partial charge in [0.1, 0.15) is 5.58 Å². The van der Waals surface area contributed by atoms with Gasteiger partial charge in [-0.2, -0.15) is 0 Å². The van der Waals surface area contributed by atoms with Gasteiger partial charge in [-0.15, -0.1) is 0 Å². The molecule has 0 fully saturated rings. The molecule has 9 aromatic rings. The van der Waals surface area contributed by atoms with Crippen molar-refractivity contribution in [2.75, 3.05) is 14.7 Å². The Morgan fingerprint density at radius 2 is 0.988 bits per heavy atom. The Morgan fingerprint density at radius 3 is 1.56 bits per heavy atom. The summed E-state index contributed by atoms with van der Waals surface area (Å²) in [7, 11) is 0. The number of hydrogen-bond donors (Lipinski definition) is 0. The first kappa shape index (κ1) is 56.2. The van der Waals surface area contributed by atoms with Crippen molar-refractivity contribution in [1.82, 2.24) is 0 Å². The maximum Gasteiger partial charge on any atom is 0.252 e. The third-order valence-electron chi connectivity index (χ3n) is 20.7. The van der Waals surface area contributed by atoms with Crippen LogP contribution in [0.5, 0.6) is 0 Å². The summed E-state index contributed by atoms with van der Waals surface area (Å²) in [5, 5.41) is 2.34. The van der Waals surface area contributed by atoms with Crippen LogP contribution in [0, 0.1) is 20.8 Å². The number of nitrogens with zero attached hydrogens (tertiary/aromatic N) is 3. The minimum Gasteiger partial charge on any atom is -0.454 e. The van der Waals surface area contributed by atoms with Crippen molar-refractivity contribution in [1.29, 1.82) is 0 Å². The lowest BCUT2D eigenvalue weighted by Gasteiger charge is -2.48. The molecule has 0 N–H and O–H groups in total. The maximum atomic E-state index is 7.33. The zero-order valence-corrected chi connectivity index (χ0v) is 54.4. The molecule has 0 bridgehead atoms. The molecular weight excluding hydrogens is 1020 g/mol. The molecule has 1 aromatic heterocycles. The van der Waals surface area contributed by atoms with E-state index < -0.39 is 0 Å². The van der Waals surface area contributed by atoms with E-state index in [9.17, 15) is 0 Å². The van der Waals surface area contributed by atoms with E-state index in [-0.39, 0.29) is 44.6 Å². The van der Waals surface area contributed by atoms with Crippen LogP contribution in [0.2, 0.25) is 0 Å². The molecule has 2 aliphatic heterocycles. The van der Waals surface area contributed by atoms with Crippen molar-refractivity contribution in [3.05, 3.63) is 189 Å². The molecule has 430 valence electrons. The number of benzene rings is 8. The maximum absolute atomic E-state index is 7.33. The summed E-state index contributed by atoms with van der Waals surface area (Å²) in [6.45, 7) is 47.6. The number of furan rings is 1. The van der Waals surface area contributed by atoms with Crippen LogP contribution in [-0.4, -0.2) is 6.71 Å². The Bertz CT molecular complexity index is 4150. The van der Waals surface area contributed by atoms with Gasteiger partial charge in [0, 0.05) is 56.3 Å². The minimum atomic E-state index is -0.143. The van der Waals surface area contributed by atoms with Gasteiger partial charge >= 0.3 is 0 Å². The predicted octanol–water partition coefficient (Wildman–Crippen LogP) is 20.7. The summed E-state index contributed by atoms with van der Waals surface area (Å²) in [5.41, 5.74) is 30.1. The number of rotatable bonds is 5. The lowest BCUT2D eigenvalue weighted by Crippen LogP contribution is -2.62.